The number of ether oxygens (including phenoxy) is 2. The Morgan fingerprint density at radius 3 is 3.26 bits per heavy atom. The summed E-state index contributed by atoms with van der Waals surface area (Å²) in [6.45, 7) is 0.789. The standard InChI is InChI=1S/C22H25NO4/c1-3-10-23-11-9-21-18-14-5-6-16(26-12-4-2)19(18)27-20(21)15(24)7-8-22(21,25)17(23)13-14/h3-6,17,20,25H,1-2,7-13H2/t17-,20+,21+,22-/m1/s1/i1D2,3D,10D2. The smallest absolute Gasteiger partial charge is 0.174 e. The fourth-order valence-corrected chi connectivity index (χ4v) is 5.78. The maximum absolute atomic E-state index is 13.0. The van der Waals surface area contributed by atoms with Crippen molar-refractivity contribution in [3.05, 3.63) is 48.5 Å². The molecule has 5 nitrogen and oxygen atoms in total. The van der Waals surface area contributed by atoms with Crippen LogP contribution in [0.4, 0.5) is 0 Å². The summed E-state index contributed by atoms with van der Waals surface area (Å²) in [4.78, 5) is 14.4. The largest absolute Gasteiger partial charge is 0.486 e. The van der Waals surface area contributed by atoms with Crippen LogP contribution in [-0.4, -0.2) is 53.2 Å². The van der Waals surface area contributed by atoms with Crippen LogP contribution in [0.5, 0.6) is 11.5 Å². The lowest BCUT2D eigenvalue weighted by molar-refractivity contribution is -0.187. The monoisotopic (exact) mass is 372 g/mol. The van der Waals surface area contributed by atoms with Crippen LogP contribution in [0.2, 0.25) is 0 Å². The van der Waals surface area contributed by atoms with E-state index in [4.69, 9.17) is 16.3 Å². The van der Waals surface area contributed by atoms with Gasteiger partial charge in [0.05, 0.1) is 15.1 Å². The van der Waals surface area contributed by atoms with E-state index in [0.717, 1.165) is 11.1 Å². The molecule has 4 aliphatic rings. The topological polar surface area (TPSA) is 59.0 Å². The Morgan fingerprint density at radius 1 is 1.56 bits per heavy atom. The van der Waals surface area contributed by atoms with Crippen LogP contribution in [-0.2, 0) is 16.6 Å². The highest BCUT2D eigenvalue weighted by molar-refractivity contribution is 5.90. The number of hydrogen-bond acceptors (Lipinski definition) is 5. The molecule has 0 aromatic heterocycles. The zero-order chi connectivity index (χ0) is 23.1. The first-order chi connectivity index (χ1) is 15.1. The second-order valence-corrected chi connectivity index (χ2v) is 7.79. The minimum Gasteiger partial charge on any atom is -0.486 e. The molecule has 142 valence electrons. The Balaban J connectivity index is 1.70. The van der Waals surface area contributed by atoms with E-state index in [-0.39, 0.29) is 38.2 Å². The van der Waals surface area contributed by atoms with Gasteiger partial charge in [0, 0.05) is 33.8 Å². The van der Waals surface area contributed by atoms with Crippen molar-refractivity contribution in [3.8, 4) is 11.5 Å². The van der Waals surface area contributed by atoms with E-state index in [1.807, 2.05) is 6.07 Å². The minimum atomic E-state index is -2.40. The number of carbonyl (C=O) groups is 1. The molecule has 1 aromatic carbocycles. The summed E-state index contributed by atoms with van der Waals surface area (Å²) in [6.07, 6.45) is 1.54. The molecule has 0 radical (unpaired) electrons. The van der Waals surface area contributed by atoms with E-state index >= 15 is 0 Å². The maximum atomic E-state index is 13.0. The lowest BCUT2D eigenvalue weighted by atomic mass is 9.49. The second-order valence-electron chi connectivity index (χ2n) is 7.79. The van der Waals surface area contributed by atoms with Gasteiger partial charge in [-0.2, -0.15) is 0 Å². The van der Waals surface area contributed by atoms with Gasteiger partial charge in [0.15, 0.2) is 23.4 Å². The molecule has 1 saturated carbocycles. The molecule has 1 saturated heterocycles. The van der Waals surface area contributed by atoms with Gasteiger partial charge >= 0.3 is 0 Å². The van der Waals surface area contributed by atoms with E-state index in [2.05, 4.69) is 6.58 Å². The summed E-state index contributed by atoms with van der Waals surface area (Å²) in [5.74, 6) is 0.867. The number of nitrogens with zero attached hydrogens (tertiary/aromatic N) is 1. The van der Waals surface area contributed by atoms with Crippen molar-refractivity contribution in [1.82, 2.24) is 4.90 Å². The van der Waals surface area contributed by atoms with E-state index in [9.17, 15) is 9.90 Å². The van der Waals surface area contributed by atoms with Crippen LogP contribution in [0.3, 0.4) is 0 Å². The summed E-state index contributed by atoms with van der Waals surface area (Å²) >= 11 is 0. The highest BCUT2D eigenvalue weighted by atomic mass is 16.5. The molecule has 2 aliphatic heterocycles. The van der Waals surface area contributed by atoms with Gasteiger partial charge in [0.1, 0.15) is 6.61 Å². The molecule has 1 spiro atoms. The molecule has 2 fully saturated rings. The van der Waals surface area contributed by atoms with Crippen molar-refractivity contribution in [3.63, 3.8) is 0 Å². The molecule has 2 heterocycles. The third-order valence-electron chi connectivity index (χ3n) is 6.80. The van der Waals surface area contributed by atoms with Crippen molar-refractivity contribution in [1.29, 1.82) is 0 Å². The molecule has 0 unspecified atom stereocenters. The first-order valence-electron chi connectivity index (χ1n) is 11.8. The van der Waals surface area contributed by atoms with Crippen LogP contribution in [0.1, 0.15) is 37.2 Å². The quantitative estimate of drug-likeness (QED) is 0.803. The van der Waals surface area contributed by atoms with Crippen molar-refractivity contribution < 1.29 is 26.2 Å². The molecule has 1 aromatic rings. The number of piperidine rings is 1. The third-order valence-corrected chi connectivity index (χ3v) is 6.80. The second kappa shape index (κ2) is 5.69. The molecule has 2 aliphatic carbocycles. The average molecular weight is 372 g/mol. The number of likely N-dealkylation sites (tertiary alicyclic amines) is 1. The number of carbonyl (C=O) groups excluding carboxylic acids is 1. The van der Waals surface area contributed by atoms with Gasteiger partial charge in [-0.3, -0.25) is 9.69 Å². The Kier molecular flexibility index (Phi) is 2.61. The van der Waals surface area contributed by atoms with Crippen molar-refractivity contribution in [2.24, 2.45) is 0 Å². The first-order valence-corrected chi connectivity index (χ1v) is 9.32. The van der Waals surface area contributed by atoms with E-state index in [0.29, 0.717) is 17.9 Å². The first kappa shape index (κ1) is 12.4. The summed E-state index contributed by atoms with van der Waals surface area (Å²) < 4.78 is 52.0. The molecule has 5 heteroatoms. The van der Waals surface area contributed by atoms with Crippen molar-refractivity contribution in [2.75, 3.05) is 19.6 Å². The number of hydrogen-bond donors (Lipinski definition) is 1. The average Bonchev–Trinajstić information content (AvgIpc) is 3.10. The summed E-state index contributed by atoms with van der Waals surface area (Å²) in [5.41, 5.74) is -0.853. The highest BCUT2D eigenvalue weighted by Crippen LogP contribution is 2.64. The molecule has 4 atom stereocenters. The fourth-order valence-electron chi connectivity index (χ4n) is 5.78. The maximum Gasteiger partial charge on any atom is 0.174 e. The van der Waals surface area contributed by atoms with Crippen molar-refractivity contribution in [2.45, 2.75) is 48.8 Å². The number of Topliss-reactive ketones (excluding diaryl/α,β-unsaturated/α-hetero) is 1. The molecule has 2 bridgehead atoms. The number of ketones is 1. The molecule has 27 heavy (non-hydrogen) atoms. The third kappa shape index (κ3) is 1.94. The number of aliphatic hydroxyl groups is 1. The highest BCUT2D eigenvalue weighted by Gasteiger charge is 2.73. The van der Waals surface area contributed by atoms with E-state index < -0.39 is 42.2 Å². The zero-order valence-electron chi connectivity index (χ0n) is 20.0. The Labute approximate surface area is 166 Å². The summed E-state index contributed by atoms with van der Waals surface area (Å²) in [6, 6.07) is 2.15. The Hall–Kier alpha value is -2.11. The van der Waals surface area contributed by atoms with Gasteiger partial charge in [-0.15, -0.1) is 6.53 Å². The molecule has 1 N–H and O–H groups in total. The Morgan fingerprint density at radius 2 is 2.44 bits per heavy atom. The van der Waals surface area contributed by atoms with Gasteiger partial charge in [0.2, 0.25) is 0 Å². The molecular weight excluding hydrogens is 342 g/mol. The lowest BCUT2D eigenvalue weighted by Gasteiger charge is -2.62. The molecular formula is C22H25NO4. The Bertz CT molecular complexity index is 1060. The summed E-state index contributed by atoms with van der Waals surface area (Å²) in [7, 11) is 0. The zero-order valence-corrected chi connectivity index (χ0v) is 15.0. The van der Waals surface area contributed by atoms with E-state index in [1.165, 1.54) is 4.90 Å². The molecule has 5 rings (SSSR count). The molecule has 0 amide bonds. The van der Waals surface area contributed by atoms with Crippen LogP contribution in [0.25, 0.3) is 0 Å². The summed E-state index contributed by atoms with van der Waals surface area (Å²) in [5, 5.41) is 12.2. The van der Waals surface area contributed by atoms with Gasteiger partial charge in [0.25, 0.3) is 0 Å². The SMILES string of the molecule is [2H]C([2H])=C([2H])C([2H])([2H])N1CC[C@]23c4c5ccc(OCC=C)c4O[C@H]2C(=O)CC[C@@]3(O)[C@H]1C5. The van der Waals surface area contributed by atoms with Crippen molar-refractivity contribution >= 4 is 5.78 Å². The van der Waals surface area contributed by atoms with Crippen LogP contribution in [0, 0.1) is 0 Å². The predicted octanol–water partition coefficient (Wildman–Crippen LogP) is 2.16. The van der Waals surface area contributed by atoms with Crippen LogP contribution in [0.15, 0.2) is 37.4 Å². The minimum absolute atomic E-state index is 0.0933. The predicted molar refractivity (Wildman–Crippen MR) is 101 cm³/mol. The number of rotatable bonds is 5. The van der Waals surface area contributed by atoms with Gasteiger partial charge < -0.3 is 14.6 Å². The lowest BCUT2D eigenvalue weighted by Crippen LogP contribution is -2.76. The van der Waals surface area contributed by atoms with Crippen LogP contribution >= 0.6 is 0 Å². The fraction of sp³-hybridized carbons (Fsp3) is 0.500. The van der Waals surface area contributed by atoms with E-state index in [1.54, 1.807) is 12.1 Å². The van der Waals surface area contributed by atoms with Gasteiger partial charge in [-0.1, -0.05) is 24.8 Å². The normalized spacial score (nSPS) is 39.0. The number of benzene rings is 1. The van der Waals surface area contributed by atoms with Crippen LogP contribution < -0.4 is 9.47 Å². The van der Waals surface area contributed by atoms with Gasteiger partial charge in [-0.05, 0) is 30.9 Å². The van der Waals surface area contributed by atoms with Gasteiger partial charge in [-0.25, -0.2) is 0 Å².